The average molecular weight is 815 g/mol. The second kappa shape index (κ2) is 16.2. The van der Waals surface area contributed by atoms with Crippen molar-refractivity contribution < 1.29 is 34.1 Å². The van der Waals surface area contributed by atoms with Gasteiger partial charge >= 0.3 is 0 Å². The van der Waals surface area contributed by atoms with Crippen molar-refractivity contribution in [1.29, 1.82) is 0 Å². The summed E-state index contributed by atoms with van der Waals surface area (Å²) in [5, 5.41) is 23.6. The number of benzene rings is 4. The normalized spacial score (nSPS) is 21.2. The topological polar surface area (TPSA) is 129 Å². The van der Waals surface area contributed by atoms with Crippen molar-refractivity contribution in [2.24, 2.45) is 5.92 Å². The van der Waals surface area contributed by atoms with Gasteiger partial charge in [0, 0.05) is 34.7 Å². The summed E-state index contributed by atoms with van der Waals surface area (Å²) >= 11 is 3.66. The fraction of sp³-hybridized carbons (Fsp3) is 0.357. The number of rotatable bonds is 13. The van der Waals surface area contributed by atoms with Crippen molar-refractivity contribution in [3.63, 3.8) is 0 Å². The molecule has 0 radical (unpaired) electrons. The third-order valence-corrected chi connectivity index (χ3v) is 15.9. The first-order valence-corrected chi connectivity index (χ1v) is 22.1. The number of hydrogen-bond donors (Lipinski definition) is 3. The molecular formula is C42H48BrN3O7Si. The van der Waals surface area contributed by atoms with Crippen molar-refractivity contribution >= 4 is 58.3 Å². The van der Waals surface area contributed by atoms with Crippen molar-refractivity contribution in [3.05, 3.63) is 118 Å². The molecule has 4 aromatic rings. The molecule has 0 unspecified atom stereocenters. The number of amides is 3. The Morgan fingerprint density at radius 3 is 2.39 bits per heavy atom. The van der Waals surface area contributed by atoms with E-state index in [0.29, 0.717) is 17.9 Å². The van der Waals surface area contributed by atoms with Crippen LogP contribution >= 0.6 is 15.9 Å². The maximum absolute atomic E-state index is 15.2. The van der Waals surface area contributed by atoms with E-state index in [-0.39, 0.29) is 49.4 Å². The summed E-state index contributed by atoms with van der Waals surface area (Å²) in [6, 6.07) is 30.8. The summed E-state index contributed by atoms with van der Waals surface area (Å²) in [6.07, 6.45) is -1.74. The Morgan fingerprint density at radius 1 is 1.02 bits per heavy atom. The van der Waals surface area contributed by atoms with Crippen LogP contribution in [0, 0.1) is 5.92 Å². The summed E-state index contributed by atoms with van der Waals surface area (Å²) in [5.74, 6) is -0.472. The van der Waals surface area contributed by atoms with Crippen LogP contribution in [0.25, 0.3) is 0 Å². The number of aliphatic hydroxyl groups is 2. The van der Waals surface area contributed by atoms with E-state index in [9.17, 15) is 19.8 Å². The van der Waals surface area contributed by atoms with Gasteiger partial charge in [0.1, 0.15) is 11.9 Å². The van der Waals surface area contributed by atoms with E-state index >= 15 is 4.79 Å². The number of anilines is 2. The van der Waals surface area contributed by atoms with Crippen LogP contribution in [-0.2, 0) is 37.8 Å². The van der Waals surface area contributed by atoms with Crippen LogP contribution in [-0.4, -0.2) is 73.4 Å². The Bertz CT molecular complexity index is 1990. The third kappa shape index (κ3) is 7.63. The highest BCUT2D eigenvalue weighted by Crippen LogP contribution is 2.60. The lowest BCUT2D eigenvalue weighted by molar-refractivity contribution is -0.150. The minimum absolute atomic E-state index is 0.0395. The molecule has 1 saturated heterocycles. The van der Waals surface area contributed by atoms with Gasteiger partial charge in [0.05, 0.1) is 46.5 Å². The lowest BCUT2D eigenvalue weighted by atomic mass is 9.82. The smallest absolute Gasteiger partial charge is 0.264 e. The number of nitrogens with one attached hydrogen (secondary N) is 1. The Balaban J connectivity index is 1.40. The molecule has 2 aliphatic rings. The maximum Gasteiger partial charge on any atom is 0.264 e. The van der Waals surface area contributed by atoms with Crippen molar-refractivity contribution in [2.45, 2.75) is 69.8 Å². The maximum atomic E-state index is 15.2. The van der Waals surface area contributed by atoms with Crippen LogP contribution < -0.4 is 20.1 Å². The SMILES string of the molecule is COc1ccc([Si](C)(C)[C@@H]2[C@@H](CC(=O)N(CCO)Cc3ccccc3)O[C@]3(C(=O)N(Cc4cccc(NC(=O)[C@H](C)O)c4)c4ccc(Br)cc43)[C@H]2C)cc1. The summed E-state index contributed by atoms with van der Waals surface area (Å²) < 4.78 is 13.5. The van der Waals surface area contributed by atoms with Crippen LogP contribution in [0.3, 0.4) is 0 Å². The molecule has 54 heavy (non-hydrogen) atoms. The van der Waals surface area contributed by atoms with Gasteiger partial charge in [0.2, 0.25) is 5.91 Å². The fourth-order valence-electron chi connectivity index (χ4n) is 8.34. The molecule has 4 aromatic carbocycles. The number of halogens is 1. The standard InChI is InChI=1S/C42H48BrN3O7Si/c1-27-39(54(4,5)34-17-15-33(52-3)16-18-34)37(24-38(49)45(20-21-47)25-29-10-7-6-8-11-29)53-42(27)35-23-31(43)14-19-36(35)46(41(42)51)26-30-12-9-13-32(22-30)44-40(50)28(2)48/h6-19,22-23,27-28,37,39,47-48H,20-21,24-26H2,1-5H3,(H,44,50)/t27-,28-,37+,39-,42+/m0/s1. The number of carbonyl (C=O) groups is 3. The summed E-state index contributed by atoms with van der Waals surface area (Å²) in [6.45, 7) is 8.58. The highest BCUT2D eigenvalue weighted by Gasteiger charge is 2.66. The minimum atomic E-state index is -2.53. The lowest BCUT2D eigenvalue weighted by Crippen LogP contribution is -2.52. The highest BCUT2D eigenvalue weighted by molar-refractivity contribution is 9.10. The van der Waals surface area contributed by atoms with Gasteiger partial charge in [-0.1, -0.05) is 95.7 Å². The van der Waals surface area contributed by atoms with Crippen molar-refractivity contribution in [3.8, 4) is 5.75 Å². The van der Waals surface area contributed by atoms with Gasteiger partial charge in [-0.3, -0.25) is 14.4 Å². The highest BCUT2D eigenvalue weighted by atomic mass is 79.9. The van der Waals surface area contributed by atoms with E-state index in [1.165, 1.54) is 6.92 Å². The van der Waals surface area contributed by atoms with Gasteiger partial charge in [0.15, 0.2) is 5.60 Å². The summed E-state index contributed by atoms with van der Waals surface area (Å²) in [4.78, 5) is 45.2. The number of hydrogen-bond acceptors (Lipinski definition) is 7. The van der Waals surface area contributed by atoms with E-state index in [4.69, 9.17) is 9.47 Å². The molecule has 0 aliphatic carbocycles. The number of ether oxygens (including phenoxy) is 2. The molecule has 2 aliphatic heterocycles. The van der Waals surface area contributed by atoms with E-state index in [1.54, 1.807) is 35.1 Å². The van der Waals surface area contributed by atoms with Gasteiger partial charge in [0.25, 0.3) is 11.8 Å². The Labute approximate surface area is 326 Å². The van der Waals surface area contributed by atoms with Crippen LogP contribution in [0.2, 0.25) is 18.6 Å². The van der Waals surface area contributed by atoms with Crippen LogP contribution in [0.15, 0.2) is 102 Å². The Kier molecular flexibility index (Phi) is 11.8. The zero-order valence-electron chi connectivity index (χ0n) is 31.3. The van der Waals surface area contributed by atoms with E-state index in [1.807, 2.05) is 66.7 Å². The number of aliphatic hydroxyl groups excluding tert-OH is 2. The molecule has 0 aromatic heterocycles. The molecule has 10 nitrogen and oxygen atoms in total. The number of methoxy groups -OCH3 is 1. The largest absolute Gasteiger partial charge is 0.497 e. The second-order valence-corrected chi connectivity index (χ2v) is 20.4. The van der Waals surface area contributed by atoms with E-state index in [0.717, 1.165) is 32.1 Å². The average Bonchev–Trinajstić information content (AvgIpc) is 3.57. The van der Waals surface area contributed by atoms with E-state index < -0.39 is 31.8 Å². The Morgan fingerprint density at radius 2 is 1.72 bits per heavy atom. The van der Waals surface area contributed by atoms with Gasteiger partial charge in [-0.25, -0.2) is 0 Å². The predicted molar refractivity (Wildman–Crippen MR) is 215 cm³/mol. The molecule has 1 spiro atoms. The molecule has 12 heteroatoms. The van der Waals surface area contributed by atoms with Crippen LogP contribution in [0.4, 0.5) is 11.4 Å². The lowest BCUT2D eigenvalue weighted by Gasteiger charge is -2.37. The van der Waals surface area contributed by atoms with Gasteiger partial charge in [-0.15, -0.1) is 0 Å². The Hall–Kier alpha value is -4.33. The molecule has 0 bridgehead atoms. The molecular weight excluding hydrogens is 766 g/mol. The molecule has 1 fully saturated rings. The minimum Gasteiger partial charge on any atom is -0.497 e. The third-order valence-electron chi connectivity index (χ3n) is 11.0. The van der Waals surface area contributed by atoms with E-state index in [2.05, 4.69) is 53.4 Å². The van der Waals surface area contributed by atoms with Crippen molar-refractivity contribution in [1.82, 2.24) is 4.90 Å². The van der Waals surface area contributed by atoms with Crippen molar-refractivity contribution in [2.75, 3.05) is 30.5 Å². The predicted octanol–water partition coefficient (Wildman–Crippen LogP) is 5.95. The molecule has 6 rings (SSSR count). The number of fused-ring (bicyclic) bond motifs is 2. The fourth-order valence-corrected chi connectivity index (χ4v) is 12.7. The first-order valence-electron chi connectivity index (χ1n) is 18.2. The molecule has 284 valence electrons. The monoisotopic (exact) mass is 813 g/mol. The first kappa shape index (κ1) is 39.4. The number of carbonyl (C=O) groups excluding carboxylic acids is 3. The molecule has 2 heterocycles. The molecule has 5 atom stereocenters. The van der Waals surface area contributed by atoms with Crippen LogP contribution in [0.5, 0.6) is 5.75 Å². The van der Waals surface area contributed by atoms with Gasteiger partial charge < -0.3 is 34.8 Å². The molecule has 3 amide bonds. The zero-order chi connectivity index (χ0) is 38.8. The second-order valence-electron chi connectivity index (χ2n) is 14.8. The zero-order valence-corrected chi connectivity index (χ0v) is 33.9. The van der Waals surface area contributed by atoms with Gasteiger partial charge in [-0.2, -0.15) is 0 Å². The van der Waals surface area contributed by atoms with Crippen LogP contribution in [0.1, 0.15) is 37.0 Å². The quantitative estimate of drug-likeness (QED) is 0.143. The molecule has 3 N–H and O–H groups in total. The van der Waals surface area contributed by atoms with Gasteiger partial charge in [-0.05, 0) is 66.1 Å². The first-order chi connectivity index (χ1) is 25.8. The summed E-state index contributed by atoms with van der Waals surface area (Å²) in [5.41, 5.74) is 2.14. The number of nitrogens with zero attached hydrogens (tertiary/aromatic N) is 2. The molecule has 0 saturated carbocycles. The summed E-state index contributed by atoms with van der Waals surface area (Å²) in [7, 11) is -0.896.